The highest BCUT2D eigenvalue weighted by atomic mass is 32.1. The average Bonchev–Trinajstić information content (AvgIpc) is 3.46. The van der Waals surface area contributed by atoms with Crippen molar-refractivity contribution in [3.63, 3.8) is 0 Å². The standard InChI is InChI=1S/C18H22N2O2S.2C2HF3O2/c1-2-7-19-17(3-1)22-16-11-18(21-13-16)5-8-20(9-6-18)12-15-4-10-23-14-15;2*3-2(4,5)1(6)7/h1-4,7,10,14,16H,5-6,8-9,11-13H2;2*(H,6,7). The van der Waals surface area contributed by atoms with Gasteiger partial charge in [-0.3, -0.25) is 4.90 Å². The number of aliphatic carboxylic acids is 2. The molecule has 1 spiro atoms. The normalized spacial score (nSPS) is 19.2. The second-order valence-electron chi connectivity index (χ2n) is 8.12. The number of nitrogens with zero attached hydrogens (tertiary/aromatic N) is 2. The van der Waals surface area contributed by atoms with Crippen LogP contribution in [-0.4, -0.2) is 75.8 Å². The van der Waals surface area contributed by atoms with E-state index in [4.69, 9.17) is 29.3 Å². The zero-order valence-electron chi connectivity index (χ0n) is 19.2. The maximum atomic E-state index is 10.6. The maximum Gasteiger partial charge on any atom is 0.490 e. The van der Waals surface area contributed by atoms with Crippen LogP contribution in [0.5, 0.6) is 5.88 Å². The van der Waals surface area contributed by atoms with Crippen LogP contribution < -0.4 is 4.74 Å². The summed E-state index contributed by atoms with van der Waals surface area (Å²) in [7, 11) is 0. The van der Waals surface area contributed by atoms with E-state index in [0.717, 1.165) is 38.9 Å². The van der Waals surface area contributed by atoms with E-state index in [-0.39, 0.29) is 11.7 Å². The van der Waals surface area contributed by atoms with Crippen molar-refractivity contribution in [1.82, 2.24) is 9.88 Å². The van der Waals surface area contributed by atoms with Gasteiger partial charge in [0.1, 0.15) is 6.10 Å². The van der Waals surface area contributed by atoms with E-state index in [1.807, 2.05) is 18.2 Å². The first kappa shape index (κ1) is 30.3. The van der Waals surface area contributed by atoms with Gasteiger partial charge < -0.3 is 19.7 Å². The van der Waals surface area contributed by atoms with Crippen LogP contribution in [0.2, 0.25) is 0 Å². The summed E-state index contributed by atoms with van der Waals surface area (Å²) in [6.07, 6.45) is -5.09. The fourth-order valence-corrected chi connectivity index (χ4v) is 4.23. The third kappa shape index (κ3) is 10.5. The van der Waals surface area contributed by atoms with E-state index >= 15 is 0 Å². The molecule has 2 aliphatic heterocycles. The third-order valence-corrected chi connectivity index (χ3v) is 6.07. The Bertz CT molecular complexity index is 956. The number of carbonyl (C=O) groups is 2. The zero-order valence-corrected chi connectivity index (χ0v) is 20.0. The van der Waals surface area contributed by atoms with Crippen LogP contribution in [0.1, 0.15) is 24.8 Å². The Hall–Kier alpha value is -2.91. The smallest absolute Gasteiger partial charge is 0.475 e. The number of likely N-dealkylation sites (tertiary alicyclic amines) is 1. The molecule has 4 heterocycles. The highest BCUT2D eigenvalue weighted by Gasteiger charge is 2.43. The van der Waals surface area contributed by atoms with Crippen LogP contribution in [0.3, 0.4) is 0 Å². The van der Waals surface area contributed by atoms with Crippen molar-refractivity contribution in [2.24, 2.45) is 0 Å². The fourth-order valence-electron chi connectivity index (χ4n) is 3.57. The Labute approximate surface area is 211 Å². The zero-order chi connectivity index (χ0) is 27.7. The number of aromatic nitrogens is 1. The molecule has 8 nitrogen and oxygen atoms in total. The lowest BCUT2D eigenvalue weighted by Crippen LogP contribution is -2.44. The molecular weight excluding hydrogens is 534 g/mol. The van der Waals surface area contributed by atoms with Crippen molar-refractivity contribution in [2.75, 3.05) is 19.7 Å². The molecule has 0 aliphatic carbocycles. The van der Waals surface area contributed by atoms with Gasteiger partial charge in [-0.1, -0.05) is 6.07 Å². The molecule has 206 valence electrons. The van der Waals surface area contributed by atoms with E-state index in [0.29, 0.717) is 12.5 Å². The largest absolute Gasteiger partial charge is 0.490 e. The molecule has 2 N–H and O–H groups in total. The number of hydrogen-bond donors (Lipinski definition) is 2. The van der Waals surface area contributed by atoms with E-state index in [1.54, 1.807) is 17.5 Å². The van der Waals surface area contributed by atoms with Crippen LogP contribution in [0.4, 0.5) is 26.3 Å². The Morgan fingerprint density at radius 3 is 2.14 bits per heavy atom. The molecule has 0 aromatic carbocycles. The van der Waals surface area contributed by atoms with E-state index in [2.05, 4.69) is 26.7 Å². The first-order valence-electron chi connectivity index (χ1n) is 10.8. The molecule has 0 radical (unpaired) electrons. The highest BCUT2D eigenvalue weighted by Crippen LogP contribution is 2.37. The van der Waals surface area contributed by atoms with Gasteiger partial charge in [-0.05, 0) is 41.3 Å². The predicted octanol–water partition coefficient (Wildman–Crippen LogP) is 4.61. The Kier molecular flexibility index (Phi) is 10.7. The summed E-state index contributed by atoms with van der Waals surface area (Å²) in [4.78, 5) is 24.6. The SMILES string of the molecule is O=C(O)C(F)(F)F.O=C(O)C(F)(F)F.c1ccc(OC2COC3(CCN(Cc4ccsc4)CC3)C2)nc1. The Balaban J connectivity index is 0.000000286. The number of piperidine rings is 1. The Morgan fingerprint density at radius 1 is 1.08 bits per heavy atom. The van der Waals surface area contributed by atoms with Crippen molar-refractivity contribution < 1.29 is 55.6 Å². The van der Waals surface area contributed by atoms with Gasteiger partial charge in [0.2, 0.25) is 5.88 Å². The number of rotatable bonds is 4. The van der Waals surface area contributed by atoms with Crippen molar-refractivity contribution in [3.05, 3.63) is 46.8 Å². The van der Waals surface area contributed by atoms with Gasteiger partial charge >= 0.3 is 24.3 Å². The minimum Gasteiger partial charge on any atom is -0.475 e. The molecule has 4 rings (SSSR count). The summed E-state index contributed by atoms with van der Waals surface area (Å²) in [5.74, 6) is -4.81. The second kappa shape index (κ2) is 13.1. The predicted molar refractivity (Wildman–Crippen MR) is 118 cm³/mol. The summed E-state index contributed by atoms with van der Waals surface area (Å²) in [6, 6.07) is 7.99. The summed E-state index contributed by atoms with van der Waals surface area (Å²) in [5.41, 5.74) is 1.44. The first-order valence-corrected chi connectivity index (χ1v) is 11.7. The van der Waals surface area contributed by atoms with Crippen LogP contribution in [-0.2, 0) is 20.9 Å². The monoisotopic (exact) mass is 558 g/mol. The van der Waals surface area contributed by atoms with Crippen molar-refractivity contribution in [1.29, 1.82) is 0 Å². The molecule has 2 saturated heterocycles. The molecule has 2 aromatic heterocycles. The first-order chi connectivity index (χ1) is 17.2. The lowest BCUT2D eigenvalue weighted by atomic mass is 9.88. The number of carboxylic acid groups (broad SMARTS) is 2. The lowest BCUT2D eigenvalue weighted by Gasteiger charge is -2.38. The number of hydrogen-bond acceptors (Lipinski definition) is 7. The van der Waals surface area contributed by atoms with Crippen molar-refractivity contribution >= 4 is 23.3 Å². The maximum absolute atomic E-state index is 10.6. The van der Waals surface area contributed by atoms with Crippen molar-refractivity contribution in [2.45, 2.75) is 49.9 Å². The van der Waals surface area contributed by atoms with Crippen LogP contribution in [0, 0.1) is 0 Å². The lowest BCUT2D eigenvalue weighted by molar-refractivity contribution is -0.193. The van der Waals surface area contributed by atoms with Crippen molar-refractivity contribution in [3.8, 4) is 5.88 Å². The minimum atomic E-state index is -5.08. The number of alkyl halides is 6. The summed E-state index contributed by atoms with van der Waals surface area (Å²) in [5, 5.41) is 18.6. The summed E-state index contributed by atoms with van der Waals surface area (Å²) >= 11 is 1.77. The molecule has 2 aromatic rings. The molecule has 0 amide bonds. The molecule has 0 bridgehead atoms. The summed E-state index contributed by atoms with van der Waals surface area (Å²) in [6.45, 7) is 3.95. The molecule has 15 heteroatoms. The molecule has 2 aliphatic rings. The number of thiophene rings is 1. The van der Waals surface area contributed by atoms with E-state index in [1.165, 1.54) is 5.56 Å². The quantitative estimate of drug-likeness (QED) is 0.524. The van der Waals surface area contributed by atoms with Gasteiger partial charge in [0.25, 0.3) is 0 Å². The number of pyridine rings is 1. The minimum absolute atomic E-state index is 0.0184. The second-order valence-corrected chi connectivity index (χ2v) is 8.90. The fraction of sp³-hybridized carbons (Fsp3) is 0.500. The molecule has 1 unspecified atom stereocenters. The van der Waals surface area contributed by atoms with Gasteiger partial charge in [0, 0.05) is 38.3 Å². The van der Waals surface area contributed by atoms with E-state index < -0.39 is 24.3 Å². The number of halogens is 6. The molecule has 1 atom stereocenters. The van der Waals surface area contributed by atoms with Crippen LogP contribution in [0.25, 0.3) is 0 Å². The highest BCUT2D eigenvalue weighted by molar-refractivity contribution is 7.07. The molecular formula is C22H24F6N2O6S. The van der Waals surface area contributed by atoms with Gasteiger partial charge in [0.15, 0.2) is 0 Å². The van der Waals surface area contributed by atoms with Gasteiger partial charge in [0.05, 0.1) is 12.2 Å². The average molecular weight is 558 g/mol. The number of ether oxygens (including phenoxy) is 2. The van der Waals surface area contributed by atoms with Gasteiger partial charge in [-0.15, -0.1) is 0 Å². The van der Waals surface area contributed by atoms with Crippen LogP contribution >= 0.6 is 11.3 Å². The molecule has 2 fully saturated rings. The number of carboxylic acids is 2. The summed E-state index contributed by atoms with van der Waals surface area (Å²) < 4.78 is 75.6. The van der Waals surface area contributed by atoms with Gasteiger partial charge in [-0.2, -0.15) is 37.7 Å². The topological polar surface area (TPSA) is 109 Å². The Morgan fingerprint density at radius 2 is 1.68 bits per heavy atom. The van der Waals surface area contributed by atoms with Gasteiger partial charge in [-0.25, -0.2) is 14.6 Å². The molecule has 0 saturated carbocycles. The van der Waals surface area contributed by atoms with E-state index in [9.17, 15) is 26.3 Å². The molecule has 37 heavy (non-hydrogen) atoms. The van der Waals surface area contributed by atoms with Crippen LogP contribution in [0.15, 0.2) is 41.2 Å². The third-order valence-electron chi connectivity index (χ3n) is 5.34.